The summed E-state index contributed by atoms with van der Waals surface area (Å²) in [5, 5.41) is 26.9. The van der Waals surface area contributed by atoms with Crippen LogP contribution < -0.4 is 4.74 Å². The summed E-state index contributed by atoms with van der Waals surface area (Å²) >= 11 is 5.12. The third-order valence-electron chi connectivity index (χ3n) is 4.74. The first kappa shape index (κ1) is 30.1. The van der Waals surface area contributed by atoms with E-state index in [1.807, 2.05) is 0 Å². The van der Waals surface area contributed by atoms with Gasteiger partial charge in [-0.1, -0.05) is 0 Å². The van der Waals surface area contributed by atoms with Crippen LogP contribution in [0.25, 0.3) is 0 Å². The van der Waals surface area contributed by atoms with Gasteiger partial charge in [-0.2, -0.15) is 0 Å². The van der Waals surface area contributed by atoms with Gasteiger partial charge in [0, 0.05) is 35.9 Å². The molecule has 3 N–H and O–H groups in total. The summed E-state index contributed by atoms with van der Waals surface area (Å²) in [5.74, 6) is -1.71. The number of nitrogens with zero attached hydrogens (tertiary/aromatic N) is 2. The van der Waals surface area contributed by atoms with E-state index in [4.69, 9.17) is 26.6 Å². The van der Waals surface area contributed by atoms with Crippen molar-refractivity contribution >= 4 is 34.4 Å². The van der Waals surface area contributed by atoms with E-state index in [2.05, 4.69) is 9.97 Å². The Morgan fingerprint density at radius 1 is 0.667 bits per heavy atom. The third kappa shape index (κ3) is 9.71. The molecule has 0 bridgehead atoms. The topological polar surface area (TPSA) is 164 Å². The molecule has 0 aliphatic rings. The maximum Gasteiger partial charge on any atom is 0.345 e. The lowest BCUT2D eigenvalue weighted by atomic mass is 10.1. The predicted octanol–water partition coefficient (Wildman–Crippen LogP) is 4.97. The van der Waals surface area contributed by atoms with E-state index in [1.165, 1.54) is 68.8 Å². The molecule has 2 aromatic carbocycles. The highest BCUT2D eigenvalue weighted by molar-refractivity contribution is 6.67. The maximum absolute atomic E-state index is 11.8. The second-order valence-corrected chi connectivity index (χ2v) is 7.99. The van der Waals surface area contributed by atoms with Crippen LogP contribution in [0.3, 0.4) is 0 Å². The van der Waals surface area contributed by atoms with Crippen molar-refractivity contribution in [3.8, 4) is 23.0 Å². The molecule has 2 heterocycles. The molecular weight excluding hydrogens is 528 g/mol. The van der Waals surface area contributed by atoms with Gasteiger partial charge in [-0.25, -0.2) is 4.79 Å². The Balaban J connectivity index is 0.000000226. The molecule has 0 fully saturated rings. The fourth-order valence-electron chi connectivity index (χ4n) is 2.68. The molecule has 10 nitrogen and oxygen atoms in total. The van der Waals surface area contributed by atoms with E-state index in [-0.39, 0.29) is 40.1 Å². The Kier molecular flexibility index (Phi) is 11.3. The van der Waals surface area contributed by atoms with Crippen LogP contribution in [0.1, 0.15) is 55.3 Å². The lowest BCUT2D eigenvalue weighted by Crippen LogP contribution is -2.09. The summed E-state index contributed by atoms with van der Waals surface area (Å²) in [6.45, 7) is 2.78. The van der Waals surface area contributed by atoms with Crippen molar-refractivity contribution in [1.82, 2.24) is 9.97 Å². The van der Waals surface area contributed by atoms with E-state index in [9.17, 15) is 24.3 Å². The molecule has 0 radical (unpaired) electrons. The molecule has 0 saturated heterocycles. The molecule has 0 saturated carbocycles. The molecule has 4 rings (SSSR count). The van der Waals surface area contributed by atoms with Gasteiger partial charge in [-0.3, -0.25) is 24.4 Å². The zero-order chi connectivity index (χ0) is 28.9. The van der Waals surface area contributed by atoms with Crippen LogP contribution in [0.5, 0.6) is 23.0 Å². The highest BCUT2D eigenvalue weighted by atomic mass is 35.5. The lowest BCUT2D eigenvalue weighted by Gasteiger charge is -2.07. The second-order valence-electron chi connectivity index (χ2n) is 7.64. The number of carbonyl (C=O) groups is 4. The van der Waals surface area contributed by atoms with Crippen molar-refractivity contribution in [3.63, 3.8) is 0 Å². The number of phenols is 3. The van der Waals surface area contributed by atoms with E-state index in [0.717, 1.165) is 0 Å². The molecule has 39 heavy (non-hydrogen) atoms. The fraction of sp³-hybridized carbons (Fsp3) is 0.0714. The summed E-state index contributed by atoms with van der Waals surface area (Å²) in [6.07, 6.45) is 5.90. The van der Waals surface area contributed by atoms with E-state index in [1.54, 1.807) is 30.5 Å². The molecule has 0 amide bonds. The van der Waals surface area contributed by atoms with Gasteiger partial charge < -0.3 is 20.1 Å². The van der Waals surface area contributed by atoms with Crippen LogP contribution in [0.2, 0.25) is 0 Å². The van der Waals surface area contributed by atoms with Crippen molar-refractivity contribution in [3.05, 3.63) is 108 Å². The zero-order valence-electron chi connectivity index (χ0n) is 20.7. The molecule has 4 aromatic rings. The van der Waals surface area contributed by atoms with Gasteiger partial charge in [0.25, 0.3) is 5.24 Å². The number of phenolic OH excluding ortho intramolecular Hbond substituents is 3. The number of ether oxygens (including phenoxy) is 1. The first-order chi connectivity index (χ1) is 18.5. The van der Waals surface area contributed by atoms with Gasteiger partial charge in [0.1, 0.15) is 0 Å². The predicted molar refractivity (Wildman–Crippen MR) is 142 cm³/mol. The van der Waals surface area contributed by atoms with Crippen molar-refractivity contribution in [2.75, 3.05) is 0 Å². The number of hydrogen-bond acceptors (Lipinski definition) is 10. The normalized spacial score (nSPS) is 9.62. The number of halogens is 1. The molecule has 0 atom stereocenters. The lowest BCUT2D eigenvalue weighted by molar-refractivity contribution is 0.0727. The Hall–Kier alpha value is -5.09. The summed E-state index contributed by atoms with van der Waals surface area (Å²) in [5.41, 5.74) is 1.43. The summed E-state index contributed by atoms with van der Waals surface area (Å²) in [6, 6.07) is 14.5. The molecule has 11 heteroatoms. The average molecular weight is 551 g/mol. The van der Waals surface area contributed by atoms with Crippen LogP contribution >= 0.6 is 11.6 Å². The number of pyridine rings is 2. The summed E-state index contributed by atoms with van der Waals surface area (Å²) in [4.78, 5) is 51.6. The Morgan fingerprint density at radius 3 is 1.62 bits per heavy atom. The molecule has 200 valence electrons. The number of aromatic nitrogens is 2. The maximum atomic E-state index is 11.8. The molecule has 0 aliphatic carbocycles. The first-order valence-corrected chi connectivity index (χ1v) is 11.5. The molecule has 0 aliphatic heterocycles. The van der Waals surface area contributed by atoms with E-state index < -0.39 is 11.2 Å². The standard InChI is InChI=1S/C14H11NO4.C8H8O3.C6H4ClNO/c1-9(16)10-4-5-12(17)13(7-10)19-14(18)11-3-2-6-15-8-11;1-5(9)6-2-3-7(10)8(11)4-6;7-6(9)5-2-1-3-8-4-5/h2-8,17H,1H3;2-4,10-11H,1H3;1-4H. The van der Waals surface area contributed by atoms with Gasteiger partial charge in [-0.05, 0) is 86.1 Å². The number of ketones is 2. The highest BCUT2D eigenvalue weighted by Crippen LogP contribution is 2.28. The minimum absolute atomic E-state index is 0.0541. The number of hydrogen-bond donors (Lipinski definition) is 3. The molecule has 2 aromatic heterocycles. The van der Waals surface area contributed by atoms with Crippen molar-refractivity contribution in [2.45, 2.75) is 13.8 Å². The smallest absolute Gasteiger partial charge is 0.345 e. The van der Waals surface area contributed by atoms with Crippen LogP contribution in [0.15, 0.2) is 85.5 Å². The molecular formula is C28H23ClN2O8. The van der Waals surface area contributed by atoms with Crippen LogP contribution in [0.4, 0.5) is 0 Å². The Morgan fingerprint density at radius 2 is 1.18 bits per heavy atom. The average Bonchev–Trinajstić information content (AvgIpc) is 2.93. The quantitative estimate of drug-likeness (QED) is 0.101. The number of Topliss-reactive ketones (excluding diaryl/α,β-unsaturated/α-hetero) is 2. The molecule has 0 unspecified atom stereocenters. The second kappa shape index (κ2) is 14.6. The number of benzene rings is 2. The van der Waals surface area contributed by atoms with E-state index >= 15 is 0 Å². The number of carbonyl (C=O) groups excluding carboxylic acids is 4. The number of aromatic hydroxyl groups is 3. The fourth-order valence-corrected chi connectivity index (χ4v) is 2.79. The van der Waals surface area contributed by atoms with Gasteiger partial charge in [0.05, 0.1) is 11.1 Å². The van der Waals surface area contributed by atoms with Crippen LogP contribution in [-0.4, -0.2) is 48.1 Å². The van der Waals surface area contributed by atoms with Gasteiger partial charge in [-0.15, -0.1) is 0 Å². The van der Waals surface area contributed by atoms with Crippen molar-refractivity contribution in [1.29, 1.82) is 0 Å². The third-order valence-corrected chi connectivity index (χ3v) is 4.95. The van der Waals surface area contributed by atoms with Crippen molar-refractivity contribution in [2.24, 2.45) is 0 Å². The van der Waals surface area contributed by atoms with Gasteiger partial charge >= 0.3 is 5.97 Å². The minimum Gasteiger partial charge on any atom is -0.504 e. The number of esters is 1. The first-order valence-electron chi connectivity index (χ1n) is 11.1. The SMILES string of the molecule is CC(=O)c1ccc(O)c(O)c1.CC(=O)c1ccc(O)c(OC(=O)c2cccnc2)c1.O=C(Cl)c1cccnc1. The van der Waals surface area contributed by atoms with Crippen LogP contribution in [0, 0.1) is 0 Å². The van der Waals surface area contributed by atoms with Crippen molar-refractivity contribution < 1.29 is 39.2 Å². The summed E-state index contributed by atoms with van der Waals surface area (Å²) < 4.78 is 5.04. The van der Waals surface area contributed by atoms with E-state index in [0.29, 0.717) is 16.7 Å². The Labute approximate surface area is 228 Å². The van der Waals surface area contributed by atoms with Gasteiger partial charge in [0.2, 0.25) is 0 Å². The zero-order valence-corrected chi connectivity index (χ0v) is 21.5. The monoisotopic (exact) mass is 550 g/mol. The number of rotatable bonds is 5. The summed E-state index contributed by atoms with van der Waals surface area (Å²) in [7, 11) is 0. The minimum atomic E-state index is -0.649. The highest BCUT2D eigenvalue weighted by Gasteiger charge is 2.13. The largest absolute Gasteiger partial charge is 0.504 e. The molecule has 0 spiro atoms. The van der Waals surface area contributed by atoms with Gasteiger partial charge in [0.15, 0.2) is 34.6 Å². The Bertz CT molecular complexity index is 1460. The van der Waals surface area contributed by atoms with Crippen LogP contribution in [-0.2, 0) is 0 Å².